The van der Waals surface area contributed by atoms with Crippen LogP contribution in [-0.2, 0) is 11.2 Å². The van der Waals surface area contributed by atoms with Crippen molar-refractivity contribution in [3.05, 3.63) is 28.5 Å². The van der Waals surface area contributed by atoms with Crippen LogP contribution in [0.1, 0.15) is 25.3 Å². The Kier molecular flexibility index (Phi) is 3.36. The molecule has 0 aromatic heterocycles. The Morgan fingerprint density at radius 1 is 1.45 bits per heavy atom. The van der Waals surface area contributed by atoms with Crippen molar-refractivity contribution in [3.8, 4) is 5.75 Å². The SMILES string of the molecule is CC1(C2CCN(C=O)CC2)Cc2cc(F)cc(Cl)c2O1. The zero-order valence-corrected chi connectivity index (χ0v) is 12.1. The van der Waals surface area contributed by atoms with Crippen molar-refractivity contribution in [2.45, 2.75) is 31.8 Å². The number of ether oxygens (including phenoxy) is 1. The molecule has 1 aromatic carbocycles. The van der Waals surface area contributed by atoms with Gasteiger partial charge in [0, 0.05) is 31.0 Å². The highest BCUT2D eigenvalue weighted by atomic mass is 35.5. The number of fused-ring (bicyclic) bond motifs is 1. The molecular weight excluding hydrogens is 281 g/mol. The molecule has 1 atom stereocenters. The molecule has 108 valence electrons. The van der Waals surface area contributed by atoms with Crippen LogP contribution in [-0.4, -0.2) is 30.0 Å². The molecule has 1 amide bonds. The van der Waals surface area contributed by atoms with Gasteiger partial charge in [0.1, 0.15) is 17.2 Å². The summed E-state index contributed by atoms with van der Waals surface area (Å²) in [5.41, 5.74) is 0.490. The monoisotopic (exact) mass is 297 g/mol. The van der Waals surface area contributed by atoms with E-state index in [0.717, 1.165) is 37.9 Å². The van der Waals surface area contributed by atoms with Gasteiger partial charge in [-0.15, -0.1) is 0 Å². The number of benzene rings is 1. The molecule has 5 heteroatoms. The fourth-order valence-electron chi connectivity index (χ4n) is 3.35. The number of hydrogen-bond acceptors (Lipinski definition) is 2. The minimum atomic E-state index is -0.352. The Hall–Kier alpha value is -1.29. The normalized spacial score (nSPS) is 26.2. The molecule has 0 aliphatic carbocycles. The van der Waals surface area contributed by atoms with Crippen molar-refractivity contribution in [1.29, 1.82) is 0 Å². The van der Waals surface area contributed by atoms with Gasteiger partial charge in [0.25, 0.3) is 0 Å². The molecule has 1 aromatic rings. The van der Waals surface area contributed by atoms with E-state index in [2.05, 4.69) is 6.92 Å². The molecular formula is C15H17ClFNO2. The molecule has 20 heavy (non-hydrogen) atoms. The highest BCUT2D eigenvalue weighted by Crippen LogP contribution is 2.45. The second kappa shape index (κ2) is 4.92. The first-order chi connectivity index (χ1) is 9.51. The molecule has 0 radical (unpaired) electrons. The third-order valence-corrected chi connectivity index (χ3v) is 4.78. The molecule has 1 unspecified atom stereocenters. The summed E-state index contributed by atoms with van der Waals surface area (Å²) in [6, 6.07) is 2.80. The van der Waals surface area contributed by atoms with Gasteiger partial charge in [-0.2, -0.15) is 0 Å². The van der Waals surface area contributed by atoms with Gasteiger partial charge in [-0.3, -0.25) is 4.79 Å². The minimum Gasteiger partial charge on any atom is -0.485 e. The molecule has 0 spiro atoms. The summed E-state index contributed by atoms with van der Waals surface area (Å²) in [6.45, 7) is 3.57. The summed E-state index contributed by atoms with van der Waals surface area (Å²) in [5.74, 6) is 0.649. The summed E-state index contributed by atoms with van der Waals surface area (Å²) in [4.78, 5) is 12.6. The molecule has 0 N–H and O–H groups in total. The Balaban J connectivity index is 1.79. The lowest BCUT2D eigenvalue weighted by atomic mass is 9.79. The van der Waals surface area contributed by atoms with Crippen LogP contribution < -0.4 is 4.74 Å². The number of carbonyl (C=O) groups excluding carboxylic acids is 1. The first kappa shape index (κ1) is 13.7. The summed E-state index contributed by atoms with van der Waals surface area (Å²) < 4.78 is 19.5. The van der Waals surface area contributed by atoms with Gasteiger partial charge < -0.3 is 9.64 Å². The third-order valence-electron chi connectivity index (χ3n) is 4.50. The van der Waals surface area contributed by atoms with Crippen LogP contribution in [0.4, 0.5) is 4.39 Å². The Morgan fingerprint density at radius 3 is 2.80 bits per heavy atom. The van der Waals surface area contributed by atoms with Gasteiger partial charge in [0.05, 0.1) is 5.02 Å². The van der Waals surface area contributed by atoms with Crippen LogP contribution in [0, 0.1) is 11.7 Å². The lowest BCUT2D eigenvalue weighted by Crippen LogP contribution is -2.45. The first-order valence-electron chi connectivity index (χ1n) is 6.88. The van der Waals surface area contributed by atoms with Crippen molar-refractivity contribution >= 4 is 18.0 Å². The zero-order valence-electron chi connectivity index (χ0n) is 11.4. The fraction of sp³-hybridized carbons (Fsp3) is 0.533. The van der Waals surface area contributed by atoms with E-state index in [9.17, 15) is 9.18 Å². The van der Waals surface area contributed by atoms with Crippen molar-refractivity contribution in [2.75, 3.05) is 13.1 Å². The van der Waals surface area contributed by atoms with E-state index in [1.165, 1.54) is 12.1 Å². The largest absolute Gasteiger partial charge is 0.485 e. The van der Waals surface area contributed by atoms with E-state index in [0.29, 0.717) is 23.1 Å². The molecule has 3 nitrogen and oxygen atoms in total. The predicted molar refractivity (Wildman–Crippen MR) is 74.5 cm³/mol. The third kappa shape index (κ3) is 2.26. The Labute approximate surface area is 122 Å². The Morgan fingerprint density at radius 2 is 2.15 bits per heavy atom. The highest BCUT2D eigenvalue weighted by Gasteiger charge is 2.43. The molecule has 2 heterocycles. The quantitative estimate of drug-likeness (QED) is 0.785. The molecule has 0 bridgehead atoms. The summed E-state index contributed by atoms with van der Waals surface area (Å²) in [6.07, 6.45) is 3.38. The number of likely N-dealkylation sites (tertiary alicyclic amines) is 1. The van der Waals surface area contributed by atoms with Gasteiger partial charge in [0.2, 0.25) is 6.41 Å². The topological polar surface area (TPSA) is 29.5 Å². The minimum absolute atomic E-state index is 0.322. The van der Waals surface area contributed by atoms with Gasteiger partial charge in [-0.1, -0.05) is 11.6 Å². The van der Waals surface area contributed by atoms with E-state index in [4.69, 9.17) is 16.3 Å². The van der Waals surface area contributed by atoms with Gasteiger partial charge in [0.15, 0.2) is 0 Å². The maximum Gasteiger partial charge on any atom is 0.209 e. The fourth-order valence-corrected chi connectivity index (χ4v) is 3.61. The lowest BCUT2D eigenvalue weighted by molar-refractivity contribution is -0.120. The Bertz CT molecular complexity index is 543. The van der Waals surface area contributed by atoms with E-state index in [1.807, 2.05) is 0 Å². The maximum atomic E-state index is 13.4. The lowest BCUT2D eigenvalue weighted by Gasteiger charge is -2.38. The van der Waals surface area contributed by atoms with Crippen LogP contribution >= 0.6 is 11.6 Å². The maximum absolute atomic E-state index is 13.4. The van der Waals surface area contributed by atoms with Crippen LogP contribution in [0.25, 0.3) is 0 Å². The average molecular weight is 298 g/mol. The van der Waals surface area contributed by atoms with Gasteiger partial charge in [-0.05, 0) is 31.9 Å². The summed E-state index contributed by atoms with van der Waals surface area (Å²) in [5, 5.41) is 0.342. The number of hydrogen-bond donors (Lipinski definition) is 0. The second-order valence-electron chi connectivity index (χ2n) is 5.88. The van der Waals surface area contributed by atoms with Gasteiger partial charge in [-0.25, -0.2) is 4.39 Å². The average Bonchev–Trinajstić information content (AvgIpc) is 2.77. The number of piperidine rings is 1. The molecule has 2 aliphatic heterocycles. The molecule has 0 saturated carbocycles. The summed E-state index contributed by atoms with van der Waals surface area (Å²) in [7, 11) is 0. The number of rotatable bonds is 2. The van der Waals surface area contributed by atoms with E-state index < -0.39 is 0 Å². The van der Waals surface area contributed by atoms with Crippen molar-refractivity contribution < 1.29 is 13.9 Å². The van der Waals surface area contributed by atoms with Crippen LogP contribution in [0.2, 0.25) is 5.02 Å². The van der Waals surface area contributed by atoms with Crippen molar-refractivity contribution in [1.82, 2.24) is 4.90 Å². The van der Waals surface area contributed by atoms with E-state index in [1.54, 1.807) is 4.90 Å². The van der Waals surface area contributed by atoms with Crippen molar-refractivity contribution in [3.63, 3.8) is 0 Å². The number of amides is 1. The first-order valence-corrected chi connectivity index (χ1v) is 7.26. The standard InChI is InChI=1S/C15H17ClFNO2/c1-15(11-2-4-18(9-19)5-3-11)8-10-6-12(17)7-13(16)14(10)20-15/h6-7,9,11H,2-5,8H2,1H3. The number of halogens is 2. The molecule has 2 aliphatic rings. The summed E-state index contributed by atoms with van der Waals surface area (Å²) >= 11 is 6.07. The number of nitrogens with zero attached hydrogens (tertiary/aromatic N) is 1. The number of carbonyl (C=O) groups is 1. The molecule has 1 saturated heterocycles. The van der Waals surface area contributed by atoms with E-state index in [-0.39, 0.29) is 11.4 Å². The van der Waals surface area contributed by atoms with E-state index >= 15 is 0 Å². The van der Waals surface area contributed by atoms with Crippen molar-refractivity contribution in [2.24, 2.45) is 5.92 Å². The predicted octanol–water partition coefficient (Wildman–Crippen LogP) is 3.04. The van der Waals surface area contributed by atoms with Crippen LogP contribution in [0.5, 0.6) is 5.75 Å². The van der Waals surface area contributed by atoms with Gasteiger partial charge >= 0.3 is 0 Å². The second-order valence-corrected chi connectivity index (χ2v) is 6.29. The molecule has 3 rings (SSSR count). The highest BCUT2D eigenvalue weighted by molar-refractivity contribution is 6.32. The van der Waals surface area contributed by atoms with Crippen LogP contribution in [0.3, 0.4) is 0 Å². The zero-order chi connectivity index (χ0) is 14.3. The smallest absolute Gasteiger partial charge is 0.209 e. The molecule has 1 fully saturated rings. The van der Waals surface area contributed by atoms with Crippen LogP contribution in [0.15, 0.2) is 12.1 Å².